The van der Waals surface area contributed by atoms with Crippen LogP contribution in [0.5, 0.6) is 0 Å². The molecule has 1 rings (SSSR count). The number of nitrogens with one attached hydrogen (secondary N) is 2. The molecular formula is C22H37N3O3S. The van der Waals surface area contributed by atoms with Crippen molar-refractivity contribution in [3.63, 3.8) is 0 Å². The molecule has 0 bridgehead atoms. The monoisotopic (exact) mass is 423 g/mol. The molecule has 0 saturated heterocycles. The third-order valence-electron chi connectivity index (χ3n) is 3.93. The molecule has 0 heterocycles. The second-order valence-electron chi connectivity index (χ2n) is 8.83. The third-order valence-corrected chi connectivity index (χ3v) is 4.15. The maximum absolute atomic E-state index is 12.6. The Bertz CT molecular complexity index is 659. The lowest BCUT2D eigenvalue weighted by atomic mass is 10.1. The van der Waals surface area contributed by atoms with Crippen LogP contribution in [-0.2, 0) is 14.3 Å². The van der Waals surface area contributed by atoms with Gasteiger partial charge in [-0.05, 0) is 91.9 Å². The highest BCUT2D eigenvalue weighted by Gasteiger charge is 2.27. The van der Waals surface area contributed by atoms with Crippen LogP contribution >= 0.6 is 12.2 Å². The first-order valence-electron chi connectivity index (χ1n) is 10.1. The van der Waals surface area contributed by atoms with E-state index in [9.17, 15) is 4.79 Å². The average molecular weight is 424 g/mol. The molecule has 0 spiro atoms. The van der Waals surface area contributed by atoms with Gasteiger partial charge in [-0.3, -0.25) is 0 Å². The van der Waals surface area contributed by atoms with E-state index >= 15 is 0 Å². The summed E-state index contributed by atoms with van der Waals surface area (Å²) in [5.41, 5.74) is 1.04. The van der Waals surface area contributed by atoms with Crippen LogP contribution in [-0.4, -0.2) is 48.0 Å². The molecule has 6 nitrogen and oxygen atoms in total. The molecule has 0 amide bonds. The van der Waals surface area contributed by atoms with Crippen molar-refractivity contribution in [2.45, 2.75) is 72.6 Å². The van der Waals surface area contributed by atoms with Crippen molar-refractivity contribution in [2.24, 2.45) is 0 Å². The maximum atomic E-state index is 12.6. The van der Waals surface area contributed by atoms with E-state index < -0.39 is 17.6 Å². The number of hydrogen-bond donors (Lipinski definition) is 2. The summed E-state index contributed by atoms with van der Waals surface area (Å²) in [5.74, 6) is -0.400. The number of carbonyl (C=O) groups is 1. The van der Waals surface area contributed by atoms with Crippen LogP contribution in [0.1, 0.15) is 55.4 Å². The minimum atomic E-state index is -0.705. The van der Waals surface area contributed by atoms with Crippen LogP contribution in [0.15, 0.2) is 24.3 Å². The Morgan fingerprint density at radius 3 is 2.03 bits per heavy atom. The van der Waals surface area contributed by atoms with Gasteiger partial charge in [0.2, 0.25) is 0 Å². The molecule has 0 saturated carbocycles. The Labute approximate surface area is 181 Å². The van der Waals surface area contributed by atoms with Crippen LogP contribution in [0.2, 0.25) is 0 Å². The fourth-order valence-corrected chi connectivity index (χ4v) is 2.80. The lowest BCUT2D eigenvalue weighted by Gasteiger charge is -2.28. The standard InChI is InChI=1S/C22H37N3O3S/c1-9-25(10-2)17-13-11-16(12-14-17)23-20(29)24-18(15-27-21(3,4)5)19(26)28-22(6,7)8/h11-14,18H,9-10,15H2,1-8H3,(H2,23,24,29). The molecule has 1 atom stereocenters. The topological polar surface area (TPSA) is 62.8 Å². The summed E-state index contributed by atoms with van der Waals surface area (Å²) in [6.07, 6.45) is 0. The molecule has 1 unspecified atom stereocenters. The molecule has 0 radical (unpaired) electrons. The Balaban J connectivity index is 2.79. The average Bonchev–Trinajstić information content (AvgIpc) is 2.58. The Morgan fingerprint density at radius 1 is 1.03 bits per heavy atom. The molecule has 7 heteroatoms. The first kappa shape index (κ1) is 25.2. The van der Waals surface area contributed by atoms with Gasteiger partial charge in [0.1, 0.15) is 11.6 Å². The summed E-state index contributed by atoms with van der Waals surface area (Å²) in [6, 6.07) is 7.33. The second-order valence-corrected chi connectivity index (χ2v) is 9.24. The van der Waals surface area contributed by atoms with E-state index in [-0.39, 0.29) is 12.2 Å². The normalized spacial score (nSPS) is 12.8. The molecule has 0 fully saturated rings. The number of carbonyl (C=O) groups excluding carboxylic acids is 1. The first-order chi connectivity index (χ1) is 13.3. The molecule has 164 valence electrons. The van der Waals surface area contributed by atoms with Crippen molar-refractivity contribution in [1.82, 2.24) is 5.32 Å². The van der Waals surface area contributed by atoms with Gasteiger partial charge in [-0.15, -0.1) is 0 Å². The zero-order valence-corrected chi connectivity index (χ0v) is 19.9. The molecular weight excluding hydrogens is 386 g/mol. The van der Waals surface area contributed by atoms with E-state index in [1.807, 2.05) is 65.8 Å². The van der Waals surface area contributed by atoms with Crippen LogP contribution in [0.4, 0.5) is 11.4 Å². The molecule has 0 aliphatic heterocycles. The summed E-state index contributed by atoms with van der Waals surface area (Å²) in [4.78, 5) is 14.9. The number of nitrogens with zero attached hydrogens (tertiary/aromatic N) is 1. The van der Waals surface area contributed by atoms with Gasteiger partial charge < -0.3 is 25.0 Å². The summed E-state index contributed by atoms with van der Waals surface area (Å²) in [6.45, 7) is 17.6. The summed E-state index contributed by atoms with van der Waals surface area (Å²) >= 11 is 5.41. The number of rotatable bonds is 8. The third kappa shape index (κ3) is 9.94. The van der Waals surface area contributed by atoms with Gasteiger partial charge in [0, 0.05) is 24.5 Å². The van der Waals surface area contributed by atoms with E-state index in [0.717, 1.165) is 24.5 Å². The van der Waals surface area contributed by atoms with Gasteiger partial charge in [0.15, 0.2) is 5.11 Å². The first-order valence-corrected chi connectivity index (χ1v) is 10.5. The lowest BCUT2D eigenvalue weighted by molar-refractivity contribution is -0.159. The van der Waals surface area contributed by atoms with Crippen molar-refractivity contribution < 1.29 is 14.3 Å². The summed E-state index contributed by atoms with van der Waals surface area (Å²) < 4.78 is 11.3. The highest BCUT2D eigenvalue weighted by atomic mass is 32.1. The highest BCUT2D eigenvalue weighted by Crippen LogP contribution is 2.18. The van der Waals surface area contributed by atoms with Crippen LogP contribution in [0, 0.1) is 0 Å². The van der Waals surface area contributed by atoms with E-state index in [0.29, 0.717) is 5.11 Å². The van der Waals surface area contributed by atoms with Crippen molar-refractivity contribution in [3.8, 4) is 0 Å². The second kappa shape index (κ2) is 10.8. The van der Waals surface area contributed by atoms with Crippen molar-refractivity contribution in [1.29, 1.82) is 0 Å². The van der Waals surface area contributed by atoms with Crippen molar-refractivity contribution in [3.05, 3.63) is 24.3 Å². The van der Waals surface area contributed by atoms with Crippen molar-refractivity contribution in [2.75, 3.05) is 29.9 Å². The Morgan fingerprint density at radius 2 is 1.59 bits per heavy atom. The Kier molecular flexibility index (Phi) is 9.36. The molecule has 0 aliphatic carbocycles. The van der Waals surface area contributed by atoms with Gasteiger partial charge in [0.25, 0.3) is 0 Å². The summed E-state index contributed by atoms with van der Waals surface area (Å²) in [7, 11) is 0. The van der Waals surface area contributed by atoms with Gasteiger partial charge in [-0.2, -0.15) is 0 Å². The van der Waals surface area contributed by atoms with Gasteiger partial charge >= 0.3 is 5.97 Å². The predicted molar refractivity (Wildman–Crippen MR) is 125 cm³/mol. The van der Waals surface area contributed by atoms with E-state index in [2.05, 4.69) is 29.4 Å². The number of esters is 1. The smallest absolute Gasteiger partial charge is 0.331 e. The van der Waals surface area contributed by atoms with Crippen LogP contribution in [0.3, 0.4) is 0 Å². The van der Waals surface area contributed by atoms with Crippen LogP contribution < -0.4 is 15.5 Å². The van der Waals surface area contributed by atoms with Crippen molar-refractivity contribution >= 4 is 34.7 Å². The molecule has 0 aliphatic rings. The highest BCUT2D eigenvalue weighted by molar-refractivity contribution is 7.80. The number of thiocarbonyl (C=S) groups is 1. The lowest BCUT2D eigenvalue weighted by Crippen LogP contribution is -2.49. The van der Waals surface area contributed by atoms with E-state index in [1.165, 1.54) is 0 Å². The minimum Gasteiger partial charge on any atom is -0.458 e. The number of benzene rings is 1. The van der Waals surface area contributed by atoms with E-state index in [1.54, 1.807) is 0 Å². The Hall–Kier alpha value is -1.86. The summed E-state index contributed by atoms with van der Waals surface area (Å²) in [5, 5.41) is 6.50. The molecule has 29 heavy (non-hydrogen) atoms. The zero-order valence-electron chi connectivity index (χ0n) is 19.1. The van der Waals surface area contributed by atoms with Gasteiger partial charge in [-0.1, -0.05) is 0 Å². The molecule has 1 aromatic carbocycles. The maximum Gasteiger partial charge on any atom is 0.331 e. The predicted octanol–water partition coefficient (Wildman–Crippen LogP) is 4.34. The number of hydrogen-bond acceptors (Lipinski definition) is 5. The number of ether oxygens (including phenoxy) is 2. The van der Waals surface area contributed by atoms with Crippen LogP contribution in [0.25, 0.3) is 0 Å². The van der Waals surface area contributed by atoms with Gasteiger partial charge in [0.05, 0.1) is 12.2 Å². The molecule has 2 N–H and O–H groups in total. The van der Waals surface area contributed by atoms with Gasteiger partial charge in [-0.25, -0.2) is 4.79 Å². The zero-order chi connectivity index (χ0) is 22.2. The minimum absolute atomic E-state index is 0.154. The molecule has 1 aromatic rings. The largest absolute Gasteiger partial charge is 0.458 e. The number of anilines is 2. The van der Waals surface area contributed by atoms with E-state index in [4.69, 9.17) is 21.7 Å². The molecule has 0 aromatic heterocycles. The quantitative estimate of drug-likeness (QED) is 0.476. The SMILES string of the molecule is CCN(CC)c1ccc(NC(=S)NC(COC(C)(C)C)C(=O)OC(C)(C)C)cc1. The fourth-order valence-electron chi connectivity index (χ4n) is 2.54. The fraction of sp³-hybridized carbons (Fsp3) is 0.636.